The Hall–Kier alpha value is -5.34. The summed E-state index contributed by atoms with van der Waals surface area (Å²) in [4.78, 5) is 89.0. The lowest BCUT2D eigenvalue weighted by Crippen LogP contribution is -2.70. The highest BCUT2D eigenvalue weighted by molar-refractivity contribution is 8.01. The van der Waals surface area contributed by atoms with Crippen molar-refractivity contribution < 1.29 is 67.1 Å². The molecular formula is C55H70F2N4O12S. The summed E-state index contributed by atoms with van der Waals surface area (Å²) in [6.45, 7) is 11.3. The van der Waals surface area contributed by atoms with Gasteiger partial charge in [0, 0.05) is 52.1 Å². The van der Waals surface area contributed by atoms with Crippen LogP contribution in [0.3, 0.4) is 0 Å². The fourth-order valence-electron chi connectivity index (χ4n) is 12.4. The molecule has 19 heteroatoms. The second-order valence-corrected chi connectivity index (χ2v) is 22.9. The van der Waals surface area contributed by atoms with E-state index in [0.717, 1.165) is 36.5 Å². The number of aliphatic carboxylic acids is 1. The molecule has 7 N–H and O–H groups in total. The zero-order chi connectivity index (χ0) is 54.1. The number of hydrogen-bond acceptors (Lipinski definition) is 12. The Morgan fingerprint density at radius 3 is 2.18 bits per heavy atom. The number of carbonyl (C=O) groups is 7. The maximum Gasteiger partial charge on any atom is 0.305 e. The molecule has 0 aromatic heterocycles. The van der Waals surface area contributed by atoms with Crippen LogP contribution in [0.1, 0.15) is 129 Å². The van der Waals surface area contributed by atoms with Crippen molar-refractivity contribution in [3.8, 4) is 0 Å². The normalized spacial score (nSPS) is 31.7. The van der Waals surface area contributed by atoms with Gasteiger partial charge in [0.1, 0.15) is 24.9 Å². The fourth-order valence-corrected chi connectivity index (χ4v) is 13.7. The van der Waals surface area contributed by atoms with Crippen molar-refractivity contribution in [2.24, 2.45) is 22.7 Å². The molecule has 2 aromatic carbocycles. The van der Waals surface area contributed by atoms with E-state index in [0.29, 0.717) is 11.3 Å². The topological polar surface area (TPSA) is 247 Å². The molecule has 7 rings (SSSR count). The summed E-state index contributed by atoms with van der Waals surface area (Å²) >= 11 is 1.30. The number of Topliss-reactive ketones (excluding diaryl/α,β-unsaturated/α-hetero) is 1. The lowest BCUT2D eigenvalue weighted by atomic mass is 9.44. The number of carboxylic acid groups (broad SMARTS) is 1. The average Bonchev–Trinajstić information content (AvgIpc) is 3.86. The van der Waals surface area contributed by atoms with Gasteiger partial charge in [-0.15, -0.1) is 11.8 Å². The van der Waals surface area contributed by atoms with E-state index in [1.807, 2.05) is 50.2 Å². The largest absolute Gasteiger partial charge is 0.481 e. The zero-order valence-electron chi connectivity index (χ0n) is 43.0. The Bertz CT molecular complexity index is 2550. The second kappa shape index (κ2) is 22.5. The van der Waals surface area contributed by atoms with Gasteiger partial charge in [0.2, 0.25) is 23.6 Å². The van der Waals surface area contributed by atoms with Crippen LogP contribution in [-0.4, -0.2) is 122 Å². The number of ketones is 2. The minimum absolute atomic E-state index is 0.00207. The van der Waals surface area contributed by atoms with E-state index in [2.05, 4.69) is 28.2 Å². The third-order valence-electron chi connectivity index (χ3n) is 16.5. The van der Waals surface area contributed by atoms with Crippen LogP contribution in [0.25, 0.3) is 0 Å². The Morgan fingerprint density at radius 2 is 1.54 bits per heavy atom. The van der Waals surface area contributed by atoms with Gasteiger partial charge < -0.3 is 46.1 Å². The number of aliphatic hydroxyl groups is 2. The van der Waals surface area contributed by atoms with Gasteiger partial charge in [0.05, 0.1) is 23.9 Å². The molecule has 5 aliphatic rings. The molecule has 4 amide bonds. The van der Waals surface area contributed by atoms with Gasteiger partial charge in [0.15, 0.2) is 29.1 Å². The Balaban J connectivity index is 0.907. The van der Waals surface area contributed by atoms with Crippen LogP contribution in [0.5, 0.6) is 0 Å². The van der Waals surface area contributed by atoms with E-state index in [1.165, 1.54) is 44.7 Å². The lowest BCUT2D eigenvalue weighted by Gasteiger charge is -2.63. The van der Waals surface area contributed by atoms with E-state index < -0.39 is 124 Å². The highest BCUT2D eigenvalue weighted by Crippen LogP contribution is 2.72. The van der Waals surface area contributed by atoms with E-state index in [9.17, 15) is 48.9 Å². The number of amides is 4. The third kappa shape index (κ3) is 10.6. The highest BCUT2D eigenvalue weighted by atomic mass is 32.2. The predicted molar refractivity (Wildman–Crippen MR) is 272 cm³/mol. The molecule has 15 atom stereocenters. The molecule has 74 heavy (non-hydrogen) atoms. The standard InChI is InChI=1S/C55H70F2N4O12S/c1-8-9-10-29(2)74-42(26-47(67)68)50(71)58-22-20-46(66)59-31(4)48(69)60-32(5)49(70)61-36-17-15-34(16-18-36)30(3)33-11-13-35(14-12-33)51-72-45-25-38-39-24-41(56)40-23-37(63)19-21-52(40,6)54(39,57)43(64)27-53(38,7)55(45,73-51)44(65)28-62/h11-19,21,23,29-32,38-39,41-43,45,51,62,64H,8-10,20,22,24-28H2,1-7H3,(H,58,71)(H,59,66)(H,60,69)(H,61,70)(H,67,68)/t29?,30-,31-,32-,38?,39-,41-,42?,43-,45+,51+,52-,53-,54-,55+/m0/s1. The van der Waals surface area contributed by atoms with Crippen LogP contribution in [0.15, 0.2) is 72.3 Å². The van der Waals surface area contributed by atoms with Crippen LogP contribution in [0.2, 0.25) is 0 Å². The molecule has 0 spiro atoms. The van der Waals surface area contributed by atoms with Gasteiger partial charge in [-0.2, -0.15) is 0 Å². The van der Waals surface area contributed by atoms with Gasteiger partial charge in [-0.25, -0.2) is 8.78 Å². The molecule has 4 fully saturated rings. The first-order valence-electron chi connectivity index (χ1n) is 25.6. The summed E-state index contributed by atoms with van der Waals surface area (Å²) in [5, 5.41) is 41.3. The van der Waals surface area contributed by atoms with Gasteiger partial charge in [-0.05, 0) is 93.4 Å². The number of rotatable bonds is 21. The number of benzene rings is 2. The molecule has 1 heterocycles. The van der Waals surface area contributed by atoms with E-state index in [4.69, 9.17) is 9.47 Å². The molecular weight excluding hydrogens is 979 g/mol. The minimum atomic E-state index is -2.36. The first kappa shape index (κ1) is 56.4. The molecule has 402 valence electrons. The maximum absolute atomic E-state index is 17.8. The van der Waals surface area contributed by atoms with Crippen molar-refractivity contribution in [2.75, 3.05) is 18.5 Å². The maximum atomic E-state index is 17.8. The number of aliphatic hydroxyl groups excluding tert-OH is 2. The van der Waals surface area contributed by atoms with E-state index >= 15 is 8.78 Å². The van der Waals surface area contributed by atoms with Crippen molar-refractivity contribution in [2.45, 2.75) is 164 Å². The Labute approximate surface area is 434 Å². The number of alkyl halides is 2. The number of unbranched alkanes of at least 4 members (excludes halogenated alkanes) is 1. The van der Waals surface area contributed by atoms with Crippen molar-refractivity contribution >= 4 is 58.6 Å². The Kier molecular flexibility index (Phi) is 17.1. The average molecular weight is 1050 g/mol. The number of allylic oxidation sites excluding steroid dienone is 4. The monoisotopic (exact) mass is 1050 g/mol. The van der Waals surface area contributed by atoms with E-state index in [-0.39, 0.29) is 55.4 Å². The van der Waals surface area contributed by atoms with Gasteiger partial charge in [0.25, 0.3) is 0 Å². The van der Waals surface area contributed by atoms with Crippen molar-refractivity contribution in [1.82, 2.24) is 16.0 Å². The SMILES string of the molecule is CCCCC(C)SC(CC(=O)O)C(=O)NCCC(=O)N[C@@H](C)C(=O)N[C@@H](C)C(=O)Nc1ccc([C@@H](C)c2ccc([C@@H]3O[C@@H]4CC5[C@@H]6C[C@H](F)C7=CC(=O)C=C[C@]7(C)[C@@]6(F)[C@@H](O)C[C@]5(C)[C@]4(C(=O)CO)O3)cc2)cc1. The summed E-state index contributed by atoms with van der Waals surface area (Å²) < 4.78 is 46.9. The number of anilines is 1. The molecule has 4 aliphatic carbocycles. The fraction of sp³-hybridized carbons (Fsp3) is 0.582. The van der Waals surface area contributed by atoms with Gasteiger partial charge in [-0.3, -0.25) is 33.6 Å². The summed E-state index contributed by atoms with van der Waals surface area (Å²) in [5.41, 5.74) is -4.09. The molecule has 3 saturated carbocycles. The predicted octanol–water partition coefficient (Wildman–Crippen LogP) is 6.09. The van der Waals surface area contributed by atoms with Crippen molar-refractivity contribution in [3.05, 3.63) is 89.0 Å². The Morgan fingerprint density at radius 1 is 0.892 bits per heavy atom. The third-order valence-corrected chi connectivity index (χ3v) is 17.9. The number of hydrogen-bond donors (Lipinski definition) is 7. The number of halogens is 2. The van der Waals surface area contributed by atoms with Gasteiger partial charge in [-0.1, -0.05) is 83.0 Å². The van der Waals surface area contributed by atoms with Crippen molar-refractivity contribution in [3.63, 3.8) is 0 Å². The van der Waals surface area contributed by atoms with Crippen LogP contribution in [0, 0.1) is 22.7 Å². The summed E-state index contributed by atoms with van der Waals surface area (Å²) in [6, 6.07) is 12.6. The number of thioether (sulfide) groups is 1. The number of carboxylic acids is 1. The number of fused-ring (bicyclic) bond motifs is 7. The smallest absolute Gasteiger partial charge is 0.305 e. The quantitative estimate of drug-likeness (QED) is 0.0749. The number of ether oxygens (including phenoxy) is 2. The van der Waals surface area contributed by atoms with Crippen LogP contribution < -0.4 is 21.3 Å². The minimum Gasteiger partial charge on any atom is -0.481 e. The highest BCUT2D eigenvalue weighted by Gasteiger charge is 2.80. The van der Waals surface area contributed by atoms with E-state index in [1.54, 1.807) is 19.1 Å². The van der Waals surface area contributed by atoms with Crippen LogP contribution in [0.4, 0.5) is 14.5 Å². The summed E-state index contributed by atoms with van der Waals surface area (Å²) in [6.07, 6.45) is 0.281. The number of carbonyl (C=O) groups excluding carboxylic acids is 6. The summed E-state index contributed by atoms with van der Waals surface area (Å²) in [5.74, 6) is -6.16. The molecule has 2 aromatic rings. The molecule has 3 unspecified atom stereocenters. The van der Waals surface area contributed by atoms with Crippen LogP contribution >= 0.6 is 11.8 Å². The molecule has 1 saturated heterocycles. The lowest BCUT2D eigenvalue weighted by molar-refractivity contribution is -0.235. The molecule has 0 bridgehead atoms. The first-order chi connectivity index (χ1) is 34.9. The molecule has 16 nitrogen and oxygen atoms in total. The molecule has 0 radical (unpaired) electrons. The summed E-state index contributed by atoms with van der Waals surface area (Å²) in [7, 11) is 0. The molecule has 1 aliphatic heterocycles. The first-order valence-corrected chi connectivity index (χ1v) is 26.6. The van der Waals surface area contributed by atoms with Crippen LogP contribution in [-0.2, 0) is 43.0 Å². The second-order valence-electron chi connectivity index (χ2n) is 21.2. The van der Waals surface area contributed by atoms with Gasteiger partial charge >= 0.3 is 5.97 Å². The number of nitrogens with one attached hydrogen (secondary N) is 4. The van der Waals surface area contributed by atoms with Crippen molar-refractivity contribution in [1.29, 1.82) is 0 Å². The zero-order valence-corrected chi connectivity index (χ0v) is 43.8.